The Morgan fingerprint density at radius 3 is 2.43 bits per heavy atom. The highest BCUT2D eigenvalue weighted by Crippen LogP contribution is 2.29. The van der Waals surface area contributed by atoms with Crippen molar-refractivity contribution in [3.05, 3.63) is 70.0 Å². The Hall–Kier alpha value is -1.97. The van der Waals surface area contributed by atoms with Crippen molar-refractivity contribution in [2.45, 2.75) is 13.5 Å². The van der Waals surface area contributed by atoms with Gasteiger partial charge in [-0.25, -0.2) is 0 Å². The lowest BCUT2D eigenvalue weighted by atomic mass is 10.1. The van der Waals surface area contributed by atoms with Crippen LogP contribution in [0.25, 0.3) is 11.1 Å². The number of aromatic nitrogens is 2. The Kier molecular flexibility index (Phi) is 4.60. The van der Waals surface area contributed by atoms with Crippen molar-refractivity contribution in [2.75, 3.05) is 0 Å². The van der Waals surface area contributed by atoms with E-state index < -0.39 is 0 Å². The van der Waals surface area contributed by atoms with E-state index in [2.05, 4.69) is 5.10 Å². The number of halogens is 2. The van der Waals surface area contributed by atoms with E-state index in [1.807, 2.05) is 67.3 Å². The van der Waals surface area contributed by atoms with E-state index >= 15 is 0 Å². The summed E-state index contributed by atoms with van der Waals surface area (Å²) in [7, 11) is 1.93. The third kappa shape index (κ3) is 3.36. The summed E-state index contributed by atoms with van der Waals surface area (Å²) in [5.41, 5.74) is 4.06. The van der Waals surface area contributed by atoms with Crippen molar-refractivity contribution >= 4 is 23.2 Å². The molecule has 118 valence electrons. The smallest absolute Gasteiger partial charge is 0.120 e. The second-order valence-corrected chi connectivity index (χ2v) is 6.10. The van der Waals surface area contributed by atoms with Crippen LogP contribution < -0.4 is 4.74 Å². The molecule has 1 heterocycles. The van der Waals surface area contributed by atoms with Gasteiger partial charge in [0.15, 0.2) is 0 Å². The molecule has 3 aromatic rings. The van der Waals surface area contributed by atoms with Gasteiger partial charge in [0.1, 0.15) is 12.4 Å². The normalized spacial score (nSPS) is 10.8. The molecule has 0 N–H and O–H groups in total. The quantitative estimate of drug-likeness (QED) is 0.642. The van der Waals surface area contributed by atoms with Gasteiger partial charge in [-0.3, -0.25) is 4.68 Å². The molecule has 0 amide bonds. The van der Waals surface area contributed by atoms with Crippen LogP contribution in [0.3, 0.4) is 0 Å². The number of hydrogen-bond acceptors (Lipinski definition) is 2. The fourth-order valence-corrected chi connectivity index (χ4v) is 2.87. The highest BCUT2D eigenvalue weighted by molar-refractivity contribution is 6.35. The SMILES string of the molecule is Cc1c(-c2cccc(OCc3c(Cl)cccc3Cl)c2)cnn1C. The van der Waals surface area contributed by atoms with Gasteiger partial charge in [-0.15, -0.1) is 0 Å². The molecule has 0 saturated carbocycles. The van der Waals surface area contributed by atoms with Crippen LogP contribution in [0.4, 0.5) is 0 Å². The second kappa shape index (κ2) is 6.65. The highest BCUT2D eigenvalue weighted by Gasteiger charge is 2.09. The molecular weight excluding hydrogens is 331 g/mol. The molecule has 0 aliphatic heterocycles. The van der Waals surface area contributed by atoms with Crippen LogP contribution >= 0.6 is 23.2 Å². The molecule has 1 aromatic heterocycles. The van der Waals surface area contributed by atoms with E-state index in [1.54, 1.807) is 0 Å². The summed E-state index contributed by atoms with van der Waals surface area (Å²) in [4.78, 5) is 0. The molecule has 3 nitrogen and oxygen atoms in total. The lowest BCUT2D eigenvalue weighted by molar-refractivity contribution is 0.306. The van der Waals surface area contributed by atoms with E-state index in [0.29, 0.717) is 16.7 Å². The van der Waals surface area contributed by atoms with E-state index in [0.717, 1.165) is 28.1 Å². The summed E-state index contributed by atoms with van der Waals surface area (Å²) in [5.74, 6) is 0.765. The zero-order valence-corrected chi connectivity index (χ0v) is 14.4. The van der Waals surface area contributed by atoms with Gasteiger partial charge in [-0.1, -0.05) is 41.4 Å². The van der Waals surface area contributed by atoms with Gasteiger partial charge in [-0.05, 0) is 36.8 Å². The second-order valence-electron chi connectivity index (χ2n) is 5.28. The maximum absolute atomic E-state index is 6.17. The molecule has 0 fully saturated rings. The molecule has 0 radical (unpaired) electrons. The minimum absolute atomic E-state index is 0.327. The molecule has 0 bridgehead atoms. The van der Waals surface area contributed by atoms with Crippen molar-refractivity contribution in [1.82, 2.24) is 9.78 Å². The summed E-state index contributed by atoms with van der Waals surface area (Å²) in [6, 6.07) is 13.3. The predicted molar refractivity (Wildman–Crippen MR) is 94.2 cm³/mol. The van der Waals surface area contributed by atoms with Crippen molar-refractivity contribution in [1.29, 1.82) is 0 Å². The summed E-state index contributed by atoms with van der Waals surface area (Å²) in [6.07, 6.45) is 1.86. The lowest BCUT2D eigenvalue weighted by Gasteiger charge is -2.10. The predicted octanol–water partition coefficient (Wildman–Crippen LogP) is 5.28. The van der Waals surface area contributed by atoms with Crippen LogP contribution in [0.1, 0.15) is 11.3 Å². The van der Waals surface area contributed by atoms with Crippen molar-refractivity contribution in [3.63, 3.8) is 0 Å². The maximum Gasteiger partial charge on any atom is 0.120 e. The van der Waals surface area contributed by atoms with Gasteiger partial charge in [-0.2, -0.15) is 5.10 Å². The molecule has 0 spiro atoms. The number of ether oxygens (including phenoxy) is 1. The van der Waals surface area contributed by atoms with Crippen LogP contribution in [0.5, 0.6) is 5.75 Å². The molecule has 0 unspecified atom stereocenters. The molecule has 2 aromatic carbocycles. The average Bonchev–Trinajstić information content (AvgIpc) is 2.87. The number of aryl methyl sites for hydroxylation is 1. The highest BCUT2D eigenvalue weighted by atomic mass is 35.5. The van der Waals surface area contributed by atoms with Gasteiger partial charge >= 0.3 is 0 Å². The molecule has 23 heavy (non-hydrogen) atoms. The molecule has 0 saturated heterocycles. The Morgan fingerprint density at radius 2 is 1.78 bits per heavy atom. The van der Waals surface area contributed by atoms with E-state index in [1.165, 1.54) is 0 Å². The topological polar surface area (TPSA) is 27.1 Å². The van der Waals surface area contributed by atoms with Crippen LogP contribution in [-0.4, -0.2) is 9.78 Å². The standard InChI is InChI=1S/C18H16Cl2N2O/c1-12-15(10-21-22(12)2)13-5-3-6-14(9-13)23-11-16-17(19)7-4-8-18(16)20/h3-10H,11H2,1-2H3. The molecule has 5 heteroatoms. The third-order valence-electron chi connectivity index (χ3n) is 3.83. The summed E-state index contributed by atoms with van der Waals surface area (Å²) in [6.45, 7) is 2.37. The summed E-state index contributed by atoms with van der Waals surface area (Å²) >= 11 is 12.3. The van der Waals surface area contributed by atoms with E-state index in [-0.39, 0.29) is 0 Å². The largest absolute Gasteiger partial charge is 0.489 e. The first-order valence-corrected chi connectivity index (χ1v) is 7.96. The fourth-order valence-electron chi connectivity index (χ4n) is 2.36. The Morgan fingerprint density at radius 1 is 1.09 bits per heavy atom. The monoisotopic (exact) mass is 346 g/mol. The minimum atomic E-state index is 0.327. The molecule has 0 aliphatic carbocycles. The Labute approximate surface area is 145 Å². The van der Waals surface area contributed by atoms with Crippen molar-refractivity contribution < 1.29 is 4.74 Å². The van der Waals surface area contributed by atoms with E-state index in [4.69, 9.17) is 27.9 Å². The first kappa shape index (κ1) is 15.9. The number of benzene rings is 2. The van der Waals surface area contributed by atoms with Crippen molar-refractivity contribution in [3.8, 4) is 16.9 Å². The molecule has 0 atom stereocenters. The van der Waals surface area contributed by atoms with Crippen LogP contribution in [0, 0.1) is 6.92 Å². The number of nitrogens with zero attached hydrogens (tertiary/aromatic N) is 2. The Balaban J connectivity index is 1.82. The zero-order valence-electron chi connectivity index (χ0n) is 12.9. The Bertz CT molecular complexity index is 823. The van der Waals surface area contributed by atoms with Crippen LogP contribution in [0.15, 0.2) is 48.7 Å². The first-order chi connectivity index (χ1) is 11.1. The van der Waals surface area contributed by atoms with Crippen molar-refractivity contribution in [2.24, 2.45) is 7.05 Å². The third-order valence-corrected chi connectivity index (χ3v) is 4.53. The van der Waals surface area contributed by atoms with Gasteiger partial charge in [0, 0.05) is 33.9 Å². The lowest BCUT2D eigenvalue weighted by Crippen LogP contribution is -1.97. The fraction of sp³-hybridized carbons (Fsp3) is 0.167. The number of hydrogen-bond donors (Lipinski definition) is 0. The van der Waals surface area contributed by atoms with Gasteiger partial charge in [0.05, 0.1) is 6.20 Å². The van der Waals surface area contributed by atoms with Crippen LogP contribution in [-0.2, 0) is 13.7 Å². The van der Waals surface area contributed by atoms with Gasteiger partial charge < -0.3 is 4.74 Å². The summed E-state index contributed by atoms with van der Waals surface area (Å²) in [5, 5.41) is 5.50. The number of rotatable bonds is 4. The average molecular weight is 347 g/mol. The molecular formula is C18H16Cl2N2O. The molecule has 3 rings (SSSR count). The minimum Gasteiger partial charge on any atom is -0.489 e. The van der Waals surface area contributed by atoms with E-state index in [9.17, 15) is 0 Å². The maximum atomic E-state index is 6.17. The van der Waals surface area contributed by atoms with Crippen LogP contribution in [0.2, 0.25) is 10.0 Å². The zero-order chi connectivity index (χ0) is 16.4. The summed E-state index contributed by atoms with van der Waals surface area (Å²) < 4.78 is 7.72. The van der Waals surface area contributed by atoms with Gasteiger partial charge in [0.2, 0.25) is 0 Å². The first-order valence-electron chi connectivity index (χ1n) is 7.21. The van der Waals surface area contributed by atoms with Gasteiger partial charge in [0.25, 0.3) is 0 Å². The molecule has 0 aliphatic rings.